The van der Waals surface area contributed by atoms with Crippen molar-refractivity contribution in [1.29, 1.82) is 0 Å². The van der Waals surface area contributed by atoms with Gasteiger partial charge in [0.15, 0.2) is 17.1 Å². The smallest absolute Gasteiger partial charge is 0.292 e. The maximum atomic E-state index is 14.1. The third-order valence-corrected chi connectivity index (χ3v) is 3.32. The van der Waals surface area contributed by atoms with Gasteiger partial charge in [0.1, 0.15) is 5.52 Å². The number of nitrogens with two attached hydrogens (primary N) is 2. The van der Waals surface area contributed by atoms with Crippen LogP contribution in [0.15, 0.2) is 34.7 Å². The van der Waals surface area contributed by atoms with E-state index in [1.165, 1.54) is 6.07 Å². The highest BCUT2D eigenvalue weighted by Gasteiger charge is 2.23. The van der Waals surface area contributed by atoms with Gasteiger partial charge in [0.2, 0.25) is 6.35 Å². The molecule has 7 heteroatoms. The Morgan fingerprint density at radius 1 is 1.19 bits per heavy atom. The first-order valence-electron chi connectivity index (χ1n) is 6.29. The molecule has 0 bridgehead atoms. The summed E-state index contributed by atoms with van der Waals surface area (Å²) in [7, 11) is 0. The summed E-state index contributed by atoms with van der Waals surface area (Å²) in [6, 6.07) is 8.60. The quantitative estimate of drug-likeness (QED) is 0.634. The molecule has 0 spiro atoms. The molecule has 5 N–H and O–H groups in total. The van der Waals surface area contributed by atoms with Gasteiger partial charge >= 0.3 is 0 Å². The van der Waals surface area contributed by atoms with E-state index >= 15 is 0 Å². The van der Waals surface area contributed by atoms with Crippen LogP contribution in [0.3, 0.4) is 0 Å². The maximum absolute atomic E-state index is 14.1. The first kappa shape index (κ1) is 12.0. The topological polar surface area (TPSA) is 99.3 Å². The van der Waals surface area contributed by atoms with Crippen molar-refractivity contribution in [1.82, 2.24) is 4.98 Å². The average molecular weight is 286 g/mol. The number of halogens is 1. The Labute approximate surface area is 118 Å². The van der Waals surface area contributed by atoms with Gasteiger partial charge in [0.25, 0.3) is 6.01 Å². The van der Waals surface area contributed by atoms with Crippen LogP contribution in [0, 0.1) is 5.82 Å². The second-order valence-electron chi connectivity index (χ2n) is 4.75. The minimum Gasteiger partial charge on any atom is -0.452 e. The van der Waals surface area contributed by atoms with E-state index in [1.807, 2.05) is 6.07 Å². The predicted molar refractivity (Wildman–Crippen MR) is 76.0 cm³/mol. The van der Waals surface area contributed by atoms with Crippen LogP contribution in [0.1, 0.15) is 0 Å². The fourth-order valence-electron chi connectivity index (χ4n) is 2.42. The molecule has 0 saturated carbocycles. The third kappa shape index (κ3) is 1.86. The number of aromatic nitrogens is 1. The molecule has 6 nitrogen and oxygen atoms in total. The Hall–Kier alpha value is -2.80. The molecule has 1 aromatic heterocycles. The number of nitrogens with one attached hydrogen (secondary N) is 1. The molecule has 0 fully saturated rings. The number of oxazole rings is 1. The molecule has 2 heterocycles. The Kier molecular flexibility index (Phi) is 2.34. The maximum Gasteiger partial charge on any atom is 0.292 e. The third-order valence-electron chi connectivity index (χ3n) is 3.32. The van der Waals surface area contributed by atoms with Gasteiger partial charge in [0.05, 0.1) is 5.69 Å². The van der Waals surface area contributed by atoms with Crippen molar-refractivity contribution < 1.29 is 13.5 Å². The lowest BCUT2D eigenvalue weighted by atomic mass is 10.0. The Morgan fingerprint density at radius 3 is 2.90 bits per heavy atom. The molecule has 21 heavy (non-hydrogen) atoms. The van der Waals surface area contributed by atoms with Crippen LogP contribution >= 0.6 is 0 Å². The molecular weight excluding hydrogens is 275 g/mol. The van der Waals surface area contributed by atoms with E-state index in [9.17, 15) is 4.39 Å². The fraction of sp³-hybridized carbons (Fsp3) is 0.0714. The summed E-state index contributed by atoms with van der Waals surface area (Å²) in [5.74, 6) is -0.333. The Morgan fingerprint density at radius 2 is 2.05 bits per heavy atom. The van der Waals surface area contributed by atoms with Crippen molar-refractivity contribution in [2.75, 3.05) is 11.1 Å². The molecule has 1 aliphatic rings. The number of hydrogen-bond acceptors (Lipinski definition) is 6. The molecule has 1 unspecified atom stereocenters. The molecule has 0 amide bonds. The summed E-state index contributed by atoms with van der Waals surface area (Å²) in [6.45, 7) is 0. The first-order valence-corrected chi connectivity index (χ1v) is 6.29. The molecule has 4 rings (SSSR count). The number of anilines is 2. The minimum absolute atomic E-state index is 0.100. The molecule has 0 radical (unpaired) electrons. The Balaban J connectivity index is 1.85. The van der Waals surface area contributed by atoms with E-state index in [0.717, 1.165) is 5.56 Å². The molecular formula is C14H11FN4O2. The minimum atomic E-state index is -0.734. The highest BCUT2D eigenvalue weighted by Crippen LogP contribution is 2.38. The normalized spacial score (nSPS) is 16.6. The van der Waals surface area contributed by atoms with Gasteiger partial charge in [-0.2, -0.15) is 4.98 Å². The van der Waals surface area contributed by atoms with Crippen LogP contribution in [0.25, 0.3) is 22.2 Å². The zero-order valence-electron chi connectivity index (χ0n) is 10.8. The number of ether oxygens (including phenoxy) is 1. The zero-order valence-corrected chi connectivity index (χ0v) is 10.8. The Bertz CT molecular complexity index is 862. The lowest BCUT2D eigenvalue weighted by molar-refractivity contribution is 0.251. The molecule has 0 saturated heterocycles. The lowest BCUT2D eigenvalue weighted by Crippen LogP contribution is -2.30. The van der Waals surface area contributed by atoms with Crippen molar-refractivity contribution in [2.45, 2.75) is 6.35 Å². The van der Waals surface area contributed by atoms with Gasteiger partial charge in [-0.3, -0.25) is 5.73 Å². The second kappa shape index (κ2) is 4.10. The largest absolute Gasteiger partial charge is 0.452 e. The van der Waals surface area contributed by atoms with Crippen molar-refractivity contribution in [3.63, 3.8) is 0 Å². The number of benzene rings is 2. The number of nitrogen functional groups attached to an aromatic ring is 1. The van der Waals surface area contributed by atoms with E-state index in [4.69, 9.17) is 20.6 Å². The molecule has 2 aromatic carbocycles. The van der Waals surface area contributed by atoms with Crippen LogP contribution in [0.4, 0.5) is 16.1 Å². The molecule has 106 valence electrons. The van der Waals surface area contributed by atoms with E-state index in [2.05, 4.69) is 10.3 Å². The predicted octanol–water partition coefficient (Wildman–Crippen LogP) is 2.26. The van der Waals surface area contributed by atoms with Crippen LogP contribution in [0.5, 0.6) is 5.75 Å². The number of fused-ring (bicyclic) bond motifs is 2. The average Bonchev–Trinajstić information content (AvgIpc) is 2.98. The van der Waals surface area contributed by atoms with Crippen LogP contribution in [-0.4, -0.2) is 11.3 Å². The van der Waals surface area contributed by atoms with Gasteiger partial charge in [-0.05, 0) is 35.4 Å². The van der Waals surface area contributed by atoms with Gasteiger partial charge in [0, 0.05) is 0 Å². The lowest BCUT2D eigenvalue weighted by Gasteiger charge is -2.05. The highest BCUT2D eigenvalue weighted by atomic mass is 19.1. The van der Waals surface area contributed by atoms with Gasteiger partial charge in [-0.25, -0.2) is 4.39 Å². The number of hydrogen-bond donors (Lipinski definition) is 3. The van der Waals surface area contributed by atoms with Gasteiger partial charge < -0.3 is 20.2 Å². The van der Waals surface area contributed by atoms with E-state index in [0.29, 0.717) is 22.4 Å². The van der Waals surface area contributed by atoms with Gasteiger partial charge in [-0.1, -0.05) is 6.07 Å². The molecule has 1 atom stereocenters. The monoisotopic (exact) mass is 286 g/mol. The first-order chi connectivity index (χ1) is 10.1. The van der Waals surface area contributed by atoms with Gasteiger partial charge in [-0.15, -0.1) is 0 Å². The highest BCUT2D eigenvalue weighted by molar-refractivity contribution is 5.83. The van der Waals surface area contributed by atoms with E-state index in [1.54, 1.807) is 18.2 Å². The summed E-state index contributed by atoms with van der Waals surface area (Å²) >= 11 is 0. The van der Waals surface area contributed by atoms with Crippen molar-refractivity contribution in [2.24, 2.45) is 5.73 Å². The summed E-state index contributed by atoms with van der Waals surface area (Å²) in [4.78, 5) is 4.06. The SMILES string of the molecule is Nc1nc2cc(-c3cc(F)c4c(c3)NC(N)O4)ccc2o1. The zero-order chi connectivity index (χ0) is 14.6. The number of rotatable bonds is 1. The van der Waals surface area contributed by atoms with Crippen LogP contribution < -0.4 is 21.5 Å². The summed E-state index contributed by atoms with van der Waals surface area (Å²) in [5, 5.41) is 2.85. The summed E-state index contributed by atoms with van der Waals surface area (Å²) in [6.07, 6.45) is -0.734. The summed E-state index contributed by atoms with van der Waals surface area (Å²) < 4.78 is 24.4. The number of nitrogens with zero attached hydrogens (tertiary/aromatic N) is 1. The van der Waals surface area contributed by atoms with Crippen LogP contribution in [-0.2, 0) is 0 Å². The second-order valence-corrected chi connectivity index (χ2v) is 4.75. The van der Waals surface area contributed by atoms with Crippen molar-refractivity contribution in [3.8, 4) is 16.9 Å². The molecule has 1 aliphatic heterocycles. The molecule has 0 aliphatic carbocycles. The fourth-order valence-corrected chi connectivity index (χ4v) is 2.42. The molecule has 3 aromatic rings. The van der Waals surface area contributed by atoms with Crippen molar-refractivity contribution >= 4 is 22.8 Å². The van der Waals surface area contributed by atoms with Crippen molar-refractivity contribution in [3.05, 3.63) is 36.1 Å². The summed E-state index contributed by atoms with van der Waals surface area (Å²) in [5.41, 5.74) is 14.3. The van der Waals surface area contributed by atoms with E-state index in [-0.39, 0.29) is 11.8 Å². The van der Waals surface area contributed by atoms with E-state index < -0.39 is 12.2 Å². The standard InChI is InChI=1S/C14H11FN4O2/c15-8-3-7(5-10-12(8)21-14(17)19-10)6-1-2-11-9(4-6)18-13(16)20-11/h1-5,14,19H,17H2,(H2,16,18). The van der Waals surface area contributed by atoms with Crippen LogP contribution in [0.2, 0.25) is 0 Å².